The first kappa shape index (κ1) is 13.9. The van der Waals surface area contributed by atoms with Crippen LogP contribution in [0.5, 0.6) is 5.75 Å². The molecule has 1 aromatic carbocycles. The van der Waals surface area contributed by atoms with E-state index in [4.69, 9.17) is 9.47 Å². The molecule has 1 aromatic rings. The molecule has 1 N–H and O–H groups in total. The molecule has 0 radical (unpaired) electrons. The second-order valence-electron chi connectivity index (χ2n) is 4.77. The van der Waals surface area contributed by atoms with Gasteiger partial charge in [0.2, 0.25) is 0 Å². The maximum Gasteiger partial charge on any atom is 0.310 e. The summed E-state index contributed by atoms with van der Waals surface area (Å²) in [7, 11) is 1.65. The fourth-order valence-corrected chi connectivity index (χ4v) is 2.34. The monoisotopic (exact) mass is 263 g/mol. The smallest absolute Gasteiger partial charge is 0.310 e. The summed E-state index contributed by atoms with van der Waals surface area (Å²) >= 11 is 0. The fraction of sp³-hybridized carbons (Fsp3) is 0.533. The first-order valence-corrected chi connectivity index (χ1v) is 6.80. The SMILES string of the molecule is COc1ccccc1CCOC(=O)C1CCCNC1. The van der Waals surface area contributed by atoms with Crippen LogP contribution in [0.25, 0.3) is 0 Å². The lowest BCUT2D eigenvalue weighted by molar-refractivity contribution is -0.149. The number of carbonyl (C=O) groups is 1. The van der Waals surface area contributed by atoms with Crippen molar-refractivity contribution in [2.45, 2.75) is 19.3 Å². The highest BCUT2D eigenvalue weighted by Crippen LogP contribution is 2.18. The predicted octanol–water partition coefficient (Wildman–Crippen LogP) is 1.78. The minimum atomic E-state index is -0.0814. The summed E-state index contributed by atoms with van der Waals surface area (Å²) in [6.45, 7) is 2.16. The molecular weight excluding hydrogens is 242 g/mol. The molecule has 1 heterocycles. The molecule has 0 aromatic heterocycles. The second kappa shape index (κ2) is 7.14. The highest BCUT2D eigenvalue weighted by Gasteiger charge is 2.22. The van der Waals surface area contributed by atoms with Gasteiger partial charge < -0.3 is 14.8 Å². The Kier molecular flexibility index (Phi) is 5.21. The van der Waals surface area contributed by atoms with Gasteiger partial charge in [-0.3, -0.25) is 4.79 Å². The van der Waals surface area contributed by atoms with Crippen molar-refractivity contribution in [2.24, 2.45) is 5.92 Å². The second-order valence-corrected chi connectivity index (χ2v) is 4.77. The van der Waals surface area contributed by atoms with E-state index in [1.807, 2.05) is 24.3 Å². The van der Waals surface area contributed by atoms with Crippen molar-refractivity contribution >= 4 is 5.97 Å². The molecule has 104 valence electrons. The van der Waals surface area contributed by atoms with Crippen LogP contribution in [-0.2, 0) is 16.0 Å². The number of para-hydroxylation sites is 1. The fourth-order valence-electron chi connectivity index (χ4n) is 2.34. The lowest BCUT2D eigenvalue weighted by Gasteiger charge is -2.21. The van der Waals surface area contributed by atoms with Crippen molar-refractivity contribution < 1.29 is 14.3 Å². The number of hydrogen-bond donors (Lipinski definition) is 1. The summed E-state index contributed by atoms with van der Waals surface area (Å²) in [5, 5.41) is 3.22. The van der Waals surface area contributed by atoms with Gasteiger partial charge in [0.25, 0.3) is 0 Å². The van der Waals surface area contributed by atoms with Crippen molar-refractivity contribution in [3.63, 3.8) is 0 Å². The van der Waals surface area contributed by atoms with Gasteiger partial charge in [-0.2, -0.15) is 0 Å². The Morgan fingerprint density at radius 1 is 1.42 bits per heavy atom. The molecule has 1 saturated heterocycles. The first-order valence-electron chi connectivity index (χ1n) is 6.80. The molecule has 4 heteroatoms. The number of ether oxygens (including phenoxy) is 2. The highest BCUT2D eigenvalue weighted by molar-refractivity contribution is 5.72. The third-order valence-corrected chi connectivity index (χ3v) is 3.44. The molecule has 0 spiro atoms. The summed E-state index contributed by atoms with van der Waals surface area (Å²) in [5.74, 6) is 0.784. The molecule has 1 aliphatic heterocycles. The van der Waals surface area contributed by atoms with Gasteiger partial charge in [-0.05, 0) is 31.0 Å². The van der Waals surface area contributed by atoms with E-state index in [2.05, 4.69) is 5.32 Å². The quantitative estimate of drug-likeness (QED) is 0.823. The van der Waals surface area contributed by atoms with Crippen LogP contribution in [0.2, 0.25) is 0 Å². The number of nitrogens with one attached hydrogen (secondary N) is 1. The number of carbonyl (C=O) groups excluding carboxylic acids is 1. The van der Waals surface area contributed by atoms with E-state index in [0.717, 1.165) is 37.2 Å². The van der Waals surface area contributed by atoms with E-state index < -0.39 is 0 Å². The van der Waals surface area contributed by atoms with Gasteiger partial charge in [-0.1, -0.05) is 18.2 Å². The normalized spacial score (nSPS) is 18.9. The van der Waals surface area contributed by atoms with Crippen molar-refractivity contribution in [3.8, 4) is 5.75 Å². The van der Waals surface area contributed by atoms with Crippen LogP contribution in [0.4, 0.5) is 0 Å². The van der Waals surface area contributed by atoms with Crippen molar-refractivity contribution in [1.29, 1.82) is 0 Å². The average Bonchev–Trinajstić information content (AvgIpc) is 2.48. The number of esters is 1. The van der Waals surface area contributed by atoms with Crippen molar-refractivity contribution in [1.82, 2.24) is 5.32 Å². The lowest BCUT2D eigenvalue weighted by Crippen LogP contribution is -2.35. The summed E-state index contributed by atoms with van der Waals surface area (Å²) in [4.78, 5) is 11.8. The molecule has 1 aliphatic rings. The number of benzene rings is 1. The molecule has 0 aliphatic carbocycles. The summed E-state index contributed by atoms with van der Waals surface area (Å²) < 4.78 is 10.6. The van der Waals surface area contributed by atoms with E-state index in [1.54, 1.807) is 7.11 Å². The van der Waals surface area contributed by atoms with Gasteiger partial charge in [0.15, 0.2) is 0 Å². The third kappa shape index (κ3) is 3.96. The van der Waals surface area contributed by atoms with Gasteiger partial charge in [0.05, 0.1) is 19.6 Å². The van der Waals surface area contributed by atoms with E-state index >= 15 is 0 Å². The summed E-state index contributed by atoms with van der Waals surface area (Å²) in [5.41, 5.74) is 1.07. The Bertz CT molecular complexity index is 414. The standard InChI is InChI=1S/C15H21NO3/c1-18-14-7-3-2-5-12(14)8-10-19-15(17)13-6-4-9-16-11-13/h2-3,5,7,13,16H,4,6,8-11H2,1H3. The van der Waals surface area contributed by atoms with E-state index in [9.17, 15) is 4.79 Å². The highest BCUT2D eigenvalue weighted by atomic mass is 16.5. The molecule has 1 atom stereocenters. The van der Waals surface area contributed by atoms with E-state index in [0.29, 0.717) is 13.0 Å². The molecule has 0 bridgehead atoms. The zero-order valence-corrected chi connectivity index (χ0v) is 11.4. The zero-order valence-electron chi connectivity index (χ0n) is 11.4. The third-order valence-electron chi connectivity index (χ3n) is 3.44. The van der Waals surface area contributed by atoms with E-state index in [1.165, 1.54) is 0 Å². The van der Waals surface area contributed by atoms with Crippen molar-refractivity contribution in [3.05, 3.63) is 29.8 Å². The number of methoxy groups -OCH3 is 1. The molecule has 4 nitrogen and oxygen atoms in total. The Balaban J connectivity index is 1.78. The lowest BCUT2D eigenvalue weighted by atomic mass is 10.0. The maximum atomic E-state index is 11.8. The topological polar surface area (TPSA) is 47.6 Å². The van der Waals surface area contributed by atoms with E-state index in [-0.39, 0.29) is 11.9 Å². The van der Waals surface area contributed by atoms with Gasteiger partial charge in [0, 0.05) is 13.0 Å². The van der Waals surface area contributed by atoms with Gasteiger partial charge in [-0.25, -0.2) is 0 Å². The largest absolute Gasteiger partial charge is 0.496 e. The maximum absolute atomic E-state index is 11.8. The average molecular weight is 263 g/mol. The van der Waals surface area contributed by atoms with Crippen LogP contribution in [0.3, 0.4) is 0 Å². The van der Waals surface area contributed by atoms with Crippen LogP contribution >= 0.6 is 0 Å². The van der Waals surface area contributed by atoms with Crippen LogP contribution in [0, 0.1) is 5.92 Å². The molecule has 0 amide bonds. The molecule has 0 saturated carbocycles. The van der Waals surface area contributed by atoms with Gasteiger partial charge in [-0.15, -0.1) is 0 Å². The van der Waals surface area contributed by atoms with Gasteiger partial charge in [0.1, 0.15) is 5.75 Å². The Morgan fingerprint density at radius 2 is 2.26 bits per heavy atom. The first-order chi connectivity index (χ1) is 9.31. The Morgan fingerprint density at radius 3 is 3.00 bits per heavy atom. The molecule has 2 rings (SSSR count). The molecular formula is C15H21NO3. The van der Waals surface area contributed by atoms with Gasteiger partial charge >= 0.3 is 5.97 Å². The number of rotatable bonds is 5. The summed E-state index contributed by atoms with van der Waals surface area (Å²) in [6.07, 6.45) is 2.67. The van der Waals surface area contributed by atoms with Crippen LogP contribution in [0.15, 0.2) is 24.3 Å². The van der Waals surface area contributed by atoms with Crippen LogP contribution < -0.4 is 10.1 Å². The minimum absolute atomic E-state index is 0.0198. The Hall–Kier alpha value is -1.55. The van der Waals surface area contributed by atoms with Crippen molar-refractivity contribution in [2.75, 3.05) is 26.8 Å². The Labute approximate surface area is 114 Å². The molecule has 19 heavy (non-hydrogen) atoms. The van der Waals surface area contributed by atoms with Crippen LogP contribution in [-0.4, -0.2) is 32.8 Å². The predicted molar refractivity (Wildman–Crippen MR) is 73.3 cm³/mol. The number of hydrogen-bond acceptors (Lipinski definition) is 4. The summed E-state index contributed by atoms with van der Waals surface area (Å²) in [6, 6.07) is 7.81. The minimum Gasteiger partial charge on any atom is -0.496 e. The number of piperidine rings is 1. The van der Waals surface area contributed by atoms with Crippen LogP contribution in [0.1, 0.15) is 18.4 Å². The molecule has 1 fully saturated rings. The zero-order chi connectivity index (χ0) is 13.5. The molecule has 1 unspecified atom stereocenters.